The summed E-state index contributed by atoms with van der Waals surface area (Å²) in [6.07, 6.45) is 2.39. The molecular weight excluding hydrogens is 422 g/mol. The minimum atomic E-state index is -0.128. The zero-order chi connectivity index (χ0) is 21.7. The molecule has 0 saturated carbocycles. The number of methoxy groups -OCH3 is 2. The molecule has 30 heavy (non-hydrogen) atoms. The Labute approximate surface area is 185 Å². The Bertz CT molecular complexity index is 989. The predicted molar refractivity (Wildman–Crippen MR) is 122 cm³/mol. The highest BCUT2D eigenvalue weighted by molar-refractivity contribution is 8.26. The molecule has 3 rings (SSSR count). The number of rotatable bonds is 8. The Morgan fingerprint density at radius 3 is 2.57 bits per heavy atom. The van der Waals surface area contributed by atoms with Gasteiger partial charge in [0.15, 0.2) is 23.0 Å². The third kappa shape index (κ3) is 4.88. The van der Waals surface area contributed by atoms with Gasteiger partial charge in [-0.05, 0) is 54.8 Å². The van der Waals surface area contributed by atoms with Crippen molar-refractivity contribution in [2.75, 3.05) is 27.4 Å². The van der Waals surface area contributed by atoms with Gasteiger partial charge in [-0.15, -0.1) is 0 Å². The number of ether oxygens (including phenoxy) is 3. The minimum Gasteiger partial charge on any atom is -0.504 e. The van der Waals surface area contributed by atoms with E-state index in [4.69, 9.17) is 26.4 Å². The summed E-state index contributed by atoms with van der Waals surface area (Å²) in [5.41, 5.74) is 1.78. The third-order valence-corrected chi connectivity index (χ3v) is 5.90. The molecule has 1 saturated heterocycles. The molecule has 1 heterocycles. The lowest BCUT2D eigenvalue weighted by atomic mass is 10.1. The molecule has 1 aliphatic heterocycles. The molecular formula is C22H23NO5S2. The van der Waals surface area contributed by atoms with Gasteiger partial charge >= 0.3 is 0 Å². The van der Waals surface area contributed by atoms with Gasteiger partial charge in [0.05, 0.1) is 25.7 Å². The number of phenols is 1. The molecule has 0 aromatic heterocycles. The maximum atomic E-state index is 12.9. The average Bonchev–Trinajstić information content (AvgIpc) is 3.01. The van der Waals surface area contributed by atoms with E-state index in [9.17, 15) is 9.90 Å². The molecule has 1 fully saturated rings. The maximum Gasteiger partial charge on any atom is 0.266 e. The highest BCUT2D eigenvalue weighted by Crippen LogP contribution is 2.35. The van der Waals surface area contributed by atoms with Crippen LogP contribution in [0.1, 0.15) is 18.1 Å². The van der Waals surface area contributed by atoms with Crippen molar-refractivity contribution in [2.24, 2.45) is 0 Å². The molecule has 6 nitrogen and oxygen atoms in total. The van der Waals surface area contributed by atoms with Crippen LogP contribution in [-0.2, 0) is 11.2 Å². The summed E-state index contributed by atoms with van der Waals surface area (Å²) >= 11 is 6.69. The van der Waals surface area contributed by atoms with E-state index in [2.05, 4.69) is 0 Å². The number of phenolic OH excluding ortho intramolecular Hbond substituents is 1. The number of benzene rings is 2. The lowest BCUT2D eigenvalue weighted by Gasteiger charge is -2.15. The summed E-state index contributed by atoms with van der Waals surface area (Å²) in [6.45, 7) is 2.75. The topological polar surface area (TPSA) is 68.2 Å². The van der Waals surface area contributed by atoms with Gasteiger partial charge in [0.1, 0.15) is 4.32 Å². The van der Waals surface area contributed by atoms with Gasteiger partial charge in [0.25, 0.3) is 5.91 Å². The lowest BCUT2D eigenvalue weighted by Crippen LogP contribution is -2.30. The molecule has 158 valence electrons. The van der Waals surface area contributed by atoms with Crippen molar-refractivity contribution < 1.29 is 24.1 Å². The second-order valence-electron chi connectivity index (χ2n) is 6.43. The summed E-state index contributed by atoms with van der Waals surface area (Å²) in [4.78, 5) is 15.0. The predicted octanol–water partition coefficient (Wildman–Crippen LogP) is 4.25. The summed E-state index contributed by atoms with van der Waals surface area (Å²) in [7, 11) is 3.18. The van der Waals surface area contributed by atoms with Crippen molar-refractivity contribution in [1.82, 2.24) is 4.90 Å². The largest absolute Gasteiger partial charge is 0.504 e. The van der Waals surface area contributed by atoms with Gasteiger partial charge in [0, 0.05) is 6.54 Å². The number of aromatic hydroxyl groups is 1. The molecule has 0 unspecified atom stereocenters. The quantitative estimate of drug-likeness (QED) is 0.481. The van der Waals surface area contributed by atoms with E-state index in [1.165, 1.54) is 11.8 Å². The number of carbonyl (C=O) groups is 1. The third-order valence-electron chi connectivity index (χ3n) is 4.53. The van der Waals surface area contributed by atoms with Crippen molar-refractivity contribution in [3.05, 3.63) is 52.4 Å². The second kappa shape index (κ2) is 9.86. The lowest BCUT2D eigenvalue weighted by molar-refractivity contribution is -0.122. The van der Waals surface area contributed by atoms with E-state index in [1.54, 1.807) is 43.4 Å². The van der Waals surface area contributed by atoms with E-state index < -0.39 is 0 Å². The number of hydrogen-bond acceptors (Lipinski definition) is 7. The van der Waals surface area contributed by atoms with Crippen LogP contribution in [0.4, 0.5) is 0 Å². The zero-order valence-corrected chi connectivity index (χ0v) is 18.6. The van der Waals surface area contributed by atoms with E-state index >= 15 is 0 Å². The van der Waals surface area contributed by atoms with Crippen LogP contribution in [-0.4, -0.2) is 47.6 Å². The van der Waals surface area contributed by atoms with Crippen LogP contribution in [0.25, 0.3) is 6.08 Å². The van der Waals surface area contributed by atoms with Crippen LogP contribution in [0.15, 0.2) is 41.3 Å². The smallest absolute Gasteiger partial charge is 0.266 e. The zero-order valence-electron chi connectivity index (χ0n) is 17.0. The highest BCUT2D eigenvalue weighted by Gasteiger charge is 2.31. The number of carbonyl (C=O) groups excluding carboxylic acids is 1. The summed E-state index contributed by atoms with van der Waals surface area (Å²) in [6, 6.07) is 10.7. The molecule has 2 aromatic rings. The molecule has 0 bridgehead atoms. The Kier molecular flexibility index (Phi) is 7.23. The van der Waals surface area contributed by atoms with Gasteiger partial charge in [-0.25, -0.2) is 0 Å². The molecule has 0 radical (unpaired) electrons. The maximum absolute atomic E-state index is 12.9. The van der Waals surface area contributed by atoms with Crippen molar-refractivity contribution in [3.8, 4) is 23.0 Å². The van der Waals surface area contributed by atoms with Crippen molar-refractivity contribution in [1.29, 1.82) is 0 Å². The first-order valence-electron chi connectivity index (χ1n) is 9.39. The van der Waals surface area contributed by atoms with Crippen LogP contribution >= 0.6 is 24.0 Å². The van der Waals surface area contributed by atoms with Gasteiger partial charge in [-0.3, -0.25) is 9.69 Å². The molecule has 8 heteroatoms. The minimum absolute atomic E-state index is 0.0662. The van der Waals surface area contributed by atoms with Crippen molar-refractivity contribution in [3.63, 3.8) is 0 Å². The van der Waals surface area contributed by atoms with Gasteiger partial charge in [-0.2, -0.15) is 0 Å². The van der Waals surface area contributed by atoms with Crippen LogP contribution in [0.2, 0.25) is 0 Å². The molecule has 1 N–H and O–H groups in total. The summed E-state index contributed by atoms with van der Waals surface area (Å²) in [5.74, 6) is 1.64. The molecule has 1 amide bonds. The van der Waals surface area contributed by atoms with Crippen LogP contribution in [0.5, 0.6) is 23.0 Å². The van der Waals surface area contributed by atoms with Gasteiger partial charge in [0.2, 0.25) is 0 Å². The van der Waals surface area contributed by atoms with Crippen LogP contribution < -0.4 is 14.2 Å². The SMILES string of the molecule is CCOc1cc(C=C2SC(=S)N(CCc3ccc(OC)c(OC)c3)C2=O)ccc1O. The number of hydrogen-bond donors (Lipinski definition) is 1. The van der Waals surface area contributed by atoms with Crippen molar-refractivity contribution >= 4 is 40.3 Å². The normalized spacial score (nSPS) is 15.0. The van der Waals surface area contributed by atoms with E-state index in [0.29, 0.717) is 46.0 Å². The Morgan fingerprint density at radius 1 is 1.10 bits per heavy atom. The molecule has 0 spiro atoms. The van der Waals surface area contributed by atoms with E-state index in [1.807, 2.05) is 25.1 Å². The first kappa shape index (κ1) is 22.0. The fourth-order valence-corrected chi connectivity index (χ4v) is 4.32. The fourth-order valence-electron chi connectivity index (χ4n) is 3.01. The first-order chi connectivity index (χ1) is 14.5. The second-order valence-corrected chi connectivity index (χ2v) is 8.11. The Hall–Kier alpha value is -2.71. The molecule has 0 atom stereocenters. The van der Waals surface area contributed by atoms with Crippen LogP contribution in [0.3, 0.4) is 0 Å². The summed E-state index contributed by atoms with van der Waals surface area (Å²) in [5, 5.41) is 9.85. The Morgan fingerprint density at radius 2 is 1.87 bits per heavy atom. The summed E-state index contributed by atoms with van der Waals surface area (Å²) < 4.78 is 16.5. The highest BCUT2D eigenvalue weighted by atomic mass is 32.2. The number of thiocarbonyl (C=S) groups is 1. The van der Waals surface area contributed by atoms with E-state index in [-0.39, 0.29) is 11.7 Å². The number of amides is 1. The standard InChI is InChI=1S/C22H23NO5S2/c1-4-28-18-12-15(5-7-16(18)24)13-20-21(25)23(22(29)30-20)10-9-14-6-8-17(26-2)19(11-14)27-3/h5-8,11-13,24H,4,9-10H2,1-3H3. The van der Waals surface area contributed by atoms with Gasteiger partial charge < -0.3 is 19.3 Å². The number of nitrogens with zero attached hydrogens (tertiary/aromatic N) is 1. The average molecular weight is 446 g/mol. The fraction of sp³-hybridized carbons (Fsp3) is 0.273. The van der Waals surface area contributed by atoms with E-state index in [0.717, 1.165) is 11.1 Å². The molecule has 1 aliphatic rings. The first-order valence-corrected chi connectivity index (χ1v) is 10.6. The number of thioether (sulfide) groups is 1. The molecule has 0 aliphatic carbocycles. The van der Waals surface area contributed by atoms with Crippen molar-refractivity contribution in [2.45, 2.75) is 13.3 Å². The molecule has 2 aromatic carbocycles. The van der Waals surface area contributed by atoms with Crippen LogP contribution in [0, 0.1) is 0 Å². The van der Waals surface area contributed by atoms with Gasteiger partial charge in [-0.1, -0.05) is 36.1 Å². The Balaban J connectivity index is 1.72. The monoisotopic (exact) mass is 445 g/mol.